The third-order valence-corrected chi connectivity index (χ3v) is 4.30. The van der Waals surface area contributed by atoms with E-state index in [4.69, 9.17) is 16.3 Å². The highest BCUT2D eigenvalue weighted by atomic mass is 35.5. The van der Waals surface area contributed by atoms with Gasteiger partial charge in [-0.25, -0.2) is 4.79 Å². The van der Waals surface area contributed by atoms with E-state index < -0.39 is 5.60 Å². The van der Waals surface area contributed by atoms with Crippen LogP contribution in [0.3, 0.4) is 0 Å². The third-order valence-electron chi connectivity index (χ3n) is 2.89. The van der Waals surface area contributed by atoms with Gasteiger partial charge in [0.25, 0.3) is 0 Å². The lowest BCUT2D eigenvalue weighted by Gasteiger charge is -2.24. The standard InChI is InChI=1S/C15H25ClN2O2S/c1-6-11(9-17-14(19)20-15(3,4)5)18-10(2)12-7-8-13(16)21-12/h7-8,10-11,18H,6,9H2,1-5H3,(H,17,19). The van der Waals surface area contributed by atoms with Crippen LogP contribution in [0.15, 0.2) is 12.1 Å². The molecule has 0 aliphatic heterocycles. The van der Waals surface area contributed by atoms with Gasteiger partial charge in [-0.1, -0.05) is 18.5 Å². The van der Waals surface area contributed by atoms with Gasteiger partial charge >= 0.3 is 6.09 Å². The third kappa shape index (κ3) is 7.16. The molecule has 2 N–H and O–H groups in total. The van der Waals surface area contributed by atoms with Crippen molar-refractivity contribution in [1.82, 2.24) is 10.6 Å². The smallest absolute Gasteiger partial charge is 0.407 e. The molecular formula is C15H25ClN2O2S. The van der Waals surface area contributed by atoms with Gasteiger partial charge in [-0.05, 0) is 46.2 Å². The van der Waals surface area contributed by atoms with Crippen molar-refractivity contribution < 1.29 is 9.53 Å². The van der Waals surface area contributed by atoms with Crippen molar-refractivity contribution in [2.45, 2.75) is 58.7 Å². The SMILES string of the molecule is CCC(CNC(=O)OC(C)(C)C)NC(C)c1ccc(Cl)s1. The molecular weight excluding hydrogens is 308 g/mol. The maximum Gasteiger partial charge on any atom is 0.407 e. The van der Waals surface area contributed by atoms with E-state index in [1.807, 2.05) is 32.9 Å². The van der Waals surface area contributed by atoms with Crippen LogP contribution in [0.2, 0.25) is 4.34 Å². The molecule has 0 saturated heterocycles. The molecule has 21 heavy (non-hydrogen) atoms. The molecule has 0 aromatic carbocycles. The van der Waals surface area contributed by atoms with Gasteiger partial charge in [0.15, 0.2) is 0 Å². The molecule has 1 amide bonds. The van der Waals surface area contributed by atoms with Gasteiger partial charge in [0, 0.05) is 23.5 Å². The van der Waals surface area contributed by atoms with E-state index in [0.717, 1.165) is 10.8 Å². The molecule has 120 valence electrons. The molecule has 1 heterocycles. The molecule has 0 saturated carbocycles. The second kappa shape index (κ2) is 8.01. The lowest BCUT2D eigenvalue weighted by Crippen LogP contribution is -2.43. The Morgan fingerprint density at radius 3 is 2.57 bits per heavy atom. The predicted molar refractivity (Wildman–Crippen MR) is 89.2 cm³/mol. The van der Waals surface area contributed by atoms with E-state index >= 15 is 0 Å². The predicted octanol–water partition coefficient (Wildman–Crippen LogP) is 4.36. The quantitative estimate of drug-likeness (QED) is 0.814. The first-order valence-electron chi connectivity index (χ1n) is 7.19. The first-order chi connectivity index (χ1) is 9.71. The van der Waals surface area contributed by atoms with Crippen LogP contribution in [0.1, 0.15) is 52.0 Å². The normalized spacial score (nSPS) is 14.6. The number of halogens is 1. The van der Waals surface area contributed by atoms with Crippen LogP contribution in [0.25, 0.3) is 0 Å². The summed E-state index contributed by atoms with van der Waals surface area (Å²) in [7, 11) is 0. The van der Waals surface area contributed by atoms with Crippen molar-refractivity contribution in [1.29, 1.82) is 0 Å². The Bertz CT molecular complexity index is 457. The van der Waals surface area contributed by atoms with Crippen LogP contribution >= 0.6 is 22.9 Å². The van der Waals surface area contributed by atoms with Gasteiger partial charge < -0.3 is 15.4 Å². The maximum atomic E-state index is 11.7. The maximum absolute atomic E-state index is 11.7. The molecule has 2 unspecified atom stereocenters. The summed E-state index contributed by atoms with van der Waals surface area (Å²) in [5.41, 5.74) is -0.472. The Hall–Kier alpha value is -0.780. The van der Waals surface area contributed by atoms with Gasteiger partial charge in [0.2, 0.25) is 0 Å². The average molecular weight is 333 g/mol. The van der Waals surface area contributed by atoms with Gasteiger partial charge in [0.05, 0.1) is 4.34 Å². The van der Waals surface area contributed by atoms with Gasteiger partial charge in [-0.3, -0.25) is 0 Å². The molecule has 1 aromatic heterocycles. The first-order valence-corrected chi connectivity index (χ1v) is 8.39. The number of carbonyl (C=O) groups is 1. The lowest BCUT2D eigenvalue weighted by molar-refractivity contribution is 0.0521. The highest BCUT2D eigenvalue weighted by Crippen LogP contribution is 2.26. The molecule has 0 bridgehead atoms. The van der Waals surface area contributed by atoms with Crippen molar-refractivity contribution >= 4 is 29.0 Å². The Balaban J connectivity index is 2.43. The average Bonchev–Trinajstić information content (AvgIpc) is 2.79. The zero-order valence-corrected chi connectivity index (χ0v) is 14.9. The molecule has 0 aliphatic carbocycles. The number of amides is 1. The van der Waals surface area contributed by atoms with Gasteiger partial charge in [-0.2, -0.15) is 0 Å². The number of hydrogen-bond donors (Lipinski definition) is 2. The molecule has 4 nitrogen and oxygen atoms in total. The van der Waals surface area contributed by atoms with E-state index in [1.54, 1.807) is 11.3 Å². The minimum Gasteiger partial charge on any atom is -0.444 e. The number of hydrogen-bond acceptors (Lipinski definition) is 4. The molecule has 0 aliphatic rings. The number of carbonyl (C=O) groups excluding carboxylic acids is 1. The van der Waals surface area contributed by atoms with Crippen molar-refractivity contribution in [2.24, 2.45) is 0 Å². The van der Waals surface area contributed by atoms with E-state index in [1.165, 1.54) is 4.88 Å². The first kappa shape index (κ1) is 18.3. The van der Waals surface area contributed by atoms with E-state index in [0.29, 0.717) is 6.54 Å². The Labute approximate surface area is 136 Å². The van der Waals surface area contributed by atoms with Crippen LogP contribution in [0, 0.1) is 0 Å². The Kier molecular flexibility index (Phi) is 6.97. The number of alkyl carbamates (subject to hydrolysis) is 1. The Morgan fingerprint density at radius 2 is 2.10 bits per heavy atom. The van der Waals surface area contributed by atoms with Crippen LogP contribution < -0.4 is 10.6 Å². The fourth-order valence-corrected chi connectivity index (χ4v) is 2.91. The highest BCUT2D eigenvalue weighted by molar-refractivity contribution is 7.16. The molecule has 0 spiro atoms. The summed E-state index contributed by atoms with van der Waals surface area (Å²) in [4.78, 5) is 12.9. The van der Waals surface area contributed by atoms with E-state index in [9.17, 15) is 4.79 Å². The minimum absolute atomic E-state index is 0.188. The monoisotopic (exact) mass is 332 g/mol. The summed E-state index contributed by atoms with van der Waals surface area (Å²) < 4.78 is 6.02. The summed E-state index contributed by atoms with van der Waals surface area (Å²) in [6.07, 6.45) is 0.536. The highest BCUT2D eigenvalue weighted by Gasteiger charge is 2.18. The molecule has 1 rings (SSSR count). The molecule has 6 heteroatoms. The van der Waals surface area contributed by atoms with Crippen molar-refractivity contribution in [3.8, 4) is 0 Å². The number of thiophene rings is 1. The van der Waals surface area contributed by atoms with Crippen molar-refractivity contribution in [3.05, 3.63) is 21.3 Å². The van der Waals surface area contributed by atoms with E-state index in [2.05, 4.69) is 24.5 Å². The Morgan fingerprint density at radius 1 is 1.43 bits per heavy atom. The largest absolute Gasteiger partial charge is 0.444 e. The van der Waals surface area contributed by atoms with Gasteiger partial charge in [-0.15, -0.1) is 11.3 Å². The topological polar surface area (TPSA) is 50.4 Å². The fourth-order valence-electron chi connectivity index (χ4n) is 1.84. The van der Waals surface area contributed by atoms with E-state index in [-0.39, 0.29) is 18.2 Å². The zero-order valence-electron chi connectivity index (χ0n) is 13.3. The van der Waals surface area contributed by atoms with Crippen LogP contribution in [-0.4, -0.2) is 24.3 Å². The lowest BCUT2D eigenvalue weighted by atomic mass is 10.1. The summed E-state index contributed by atoms with van der Waals surface area (Å²) in [6.45, 7) is 10.3. The summed E-state index contributed by atoms with van der Waals surface area (Å²) >= 11 is 7.53. The molecule has 2 atom stereocenters. The molecule has 0 fully saturated rings. The minimum atomic E-state index is -0.472. The second-order valence-corrected chi connectivity index (χ2v) is 7.76. The number of nitrogens with one attached hydrogen (secondary N) is 2. The molecule has 1 aromatic rings. The van der Waals surface area contributed by atoms with Crippen LogP contribution in [0.4, 0.5) is 4.79 Å². The number of rotatable bonds is 6. The zero-order chi connectivity index (χ0) is 16.0. The van der Waals surface area contributed by atoms with Crippen LogP contribution in [0.5, 0.6) is 0 Å². The van der Waals surface area contributed by atoms with Crippen LogP contribution in [-0.2, 0) is 4.74 Å². The van der Waals surface area contributed by atoms with Gasteiger partial charge in [0.1, 0.15) is 5.60 Å². The summed E-state index contributed by atoms with van der Waals surface area (Å²) in [5, 5.41) is 6.30. The fraction of sp³-hybridized carbons (Fsp3) is 0.667. The van der Waals surface area contributed by atoms with Crippen molar-refractivity contribution in [2.75, 3.05) is 6.54 Å². The summed E-state index contributed by atoms with van der Waals surface area (Å²) in [6, 6.07) is 4.32. The molecule has 0 radical (unpaired) electrons. The number of ether oxygens (including phenoxy) is 1. The summed E-state index contributed by atoms with van der Waals surface area (Å²) in [5.74, 6) is 0. The second-order valence-electron chi connectivity index (χ2n) is 6.02. The van der Waals surface area contributed by atoms with Crippen molar-refractivity contribution in [3.63, 3.8) is 0 Å².